The normalized spacial score (nSPS) is 18.5. The number of hydrogen-bond acceptors (Lipinski definition) is 7. The number of rotatable bonds is 2. The Labute approximate surface area is 185 Å². The summed E-state index contributed by atoms with van der Waals surface area (Å²) >= 11 is 6.46. The third kappa shape index (κ3) is 3.42. The molecule has 2 aliphatic rings. The molecule has 1 saturated carbocycles. The zero-order chi connectivity index (χ0) is 21.6. The molecule has 3 heterocycles. The molecule has 0 radical (unpaired) electrons. The van der Waals surface area contributed by atoms with E-state index in [-0.39, 0.29) is 17.3 Å². The molecule has 0 bridgehead atoms. The van der Waals surface area contributed by atoms with Crippen LogP contribution in [0, 0.1) is 11.8 Å². The predicted molar refractivity (Wildman–Crippen MR) is 118 cm³/mol. The minimum Gasteiger partial charge on any atom is -0.445 e. The number of nitrogens with two attached hydrogens (primary N) is 1. The average Bonchev–Trinajstić information content (AvgIpc) is 3.50. The maximum Gasteiger partial charge on any atom is 0.238 e. The van der Waals surface area contributed by atoms with Crippen LogP contribution in [-0.4, -0.2) is 26.6 Å². The number of benzene rings is 1. The number of halogens is 1. The van der Waals surface area contributed by atoms with Crippen LogP contribution < -0.4 is 10.6 Å². The maximum atomic E-state index is 10.6. The van der Waals surface area contributed by atoms with Gasteiger partial charge in [0.1, 0.15) is 11.3 Å². The summed E-state index contributed by atoms with van der Waals surface area (Å²) in [5.74, 6) is 6.88. The van der Waals surface area contributed by atoms with Crippen LogP contribution in [0.5, 0.6) is 0 Å². The Morgan fingerprint density at radius 1 is 1.29 bits per heavy atom. The molecule has 158 valence electrons. The van der Waals surface area contributed by atoms with Crippen LogP contribution in [0.4, 0.5) is 17.5 Å². The van der Waals surface area contributed by atoms with Crippen LogP contribution in [-0.2, 0) is 11.0 Å². The van der Waals surface area contributed by atoms with Gasteiger partial charge in [0.2, 0.25) is 11.8 Å². The number of aliphatic hydroxyl groups is 1. The van der Waals surface area contributed by atoms with Crippen LogP contribution in [0.1, 0.15) is 49.6 Å². The van der Waals surface area contributed by atoms with E-state index in [9.17, 15) is 5.11 Å². The maximum absolute atomic E-state index is 10.6. The lowest BCUT2D eigenvalue weighted by molar-refractivity contribution is 0.0893. The Kier molecular flexibility index (Phi) is 4.65. The van der Waals surface area contributed by atoms with Gasteiger partial charge in [-0.1, -0.05) is 42.3 Å². The summed E-state index contributed by atoms with van der Waals surface area (Å²) < 4.78 is 5.21. The van der Waals surface area contributed by atoms with Gasteiger partial charge < -0.3 is 20.2 Å². The second kappa shape index (κ2) is 7.26. The van der Waals surface area contributed by atoms with Crippen molar-refractivity contribution in [3.05, 3.63) is 58.9 Å². The number of oxazole rings is 1. The molecular formula is C23H22ClN5O2. The zero-order valence-corrected chi connectivity index (χ0v) is 17.9. The smallest absolute Gasteiger partial charge is 0.238 e. The summed E-state index contributed by atoms with van der Waals surface area (Å²) in [7, 11) is 0. The van der Waals surface area contributed by atoms with Crippen molar-refractivity contribution in [3.63, 3.8) is 0 Å². The molecule has 1 aliphatic heterocycles. The van der Waals surface area contributed by atoms with Gasteiger partial charge in [0.25, 0.3) is 0 Å². The quantitative estimate of drug-likeness (QED) is 0.588. The lowest BCUT2D eigenvalue weighted by Crippen LogP contribution is -2.29. The molecule has 3 aromatic rings. The van der Waals surface area contributed by atoms with Crippen molar-refractivity contribution in [1.29, 1.82) is 0 Å². The monoisotopic (exact) mass is 435 g/mol. The highest BCUT2D eigenvalue weighted by Crippen LogP contribution is 2.53. The molecule has 3 N–H and O–H groups in total. The summed E-state index contributed by atoms with van der Waals surface area (Å²) in [6.45, 7) is 2.35. The first-order chi connectivity index (χ1) is 14.9. The molecule has 1 aromatic carbocycles. The van der Waals surface area contributed by atoms with Gasteiger partial charge in [0.05, 0.1) is 12.4 Å². The second-order valence-electron chi connectivity index (χ2n) is 8.36. The van der Waals surface area contributed by atoms with Crippen LogP contribution >= 0.6 is 11.6 Å². The van der Waals surface area contributed by atoms with Gasteiger partial charge in [0, 0.05) is 23.2 Å². The van der Waals surface area contributed by atoms with E-state index in [0.29, 0.717) is 10.8 Å². The minimum atomic E-state index is -1.49. The van der Waals surface area contributed by atoms with E-state index < -0.39 is 5.60 Å². The Bertz CT molecular complexity index is 1190. The number of nitrogen functional groups attached to an aromatic ring is 1. The van der Waals surface area contributed by atoms with E-state index in [1.807, 2.05) is 12.1 Å². The Morgan fingerprint density at radius 2 is 2.10 bits per heavy atom. The molecule has 2 aromatic heterocycles. The lowest BCUT2D eigenvalue weighted by Gasteiger charge is -2.25. The van der Waals surface area contributed by atoms with Crippen molar-refractivity contribution < 1.29 is 9.52 Å². The largest absolute Gasteiger partial charge is 0.445 e. The van der Waals surface area contributed by atoms with Crippen molar-refractivity contribution in [2.24, 2.45) is 0 Å². The van der Waals surface area contributed by atoms with E-state index in [1.54, 1.807) is 6.92 Å². The number of fused-ring (bicyclic) bond motifs is 2. The first-order valence-corrected chi connectivity index (χ1v) is 10.6. The van der Waals surface area contributed by atoms with E-state index in [1.165, 1.54) is 37.1 Å². The summed E-state index contributed by atoms with van der Waals surface area (Å²) in [5.41, 5.74) is 7.52. The van der Waals surface area contributed by atoms with E-state index >= 15 is 0 Å². The van der Waals surface area contributed by atoms with E-state index in [4.69, 9.17) is 21.8 Å². The standard InChI is InChI=1S/C23H22ClN5O2/c1-22(30,20-26-10-11-31-20)9-6-15-4-5-16-18(12-15)29(14-23(16)7-2-3-8-23)19-17(24)13-27-21(25)28-19/h4-5,10-13,30H,2-3,7-8,14H2,1H3,(H2,25,27,28). The molecule has 7 nitrogen and oxygen atoms in total. The molecule has 1 atom stereocenters. The van der Waals surface area contributed by atoms with Gasteiger partial charge in [-0.05, 0) is 37.5 Å². The Hall–Kier alpha value is -3.08. The number of anilines is 3. The minimum absolute atomic E-state index is 0.0773. The highest BCUT2D eigenvalue weighted by atomic mass is 35.5. The highest BCUT2D eigenvalue weighted by Gasteiger charge is 2.45. The Morgan fingerprint density at radius 3 is 2.84 bits per heavy atom. The van der Waals surface area contributed by atoms with Gasteiger partial charge >= 0.3 is 0 Å². The SMILES string of the molecule is CC(O)(C#Cc1ccc2c(c1)N(c1nc(N)ncc1Cl)CC21CCCC1)c1ncco1. The van der Waals surface area contributed by atoms with Crippen LogP contribution in [0.2, 0.25) is 5.02 Å². The van der Waals surface area contributed by atoms with Crippen molar-refractivity contribution in [2.75, 3.05) is 17.2 Å². The first-order valence-electron chi connectivity index (χ1n) is 10.2. The van der Waals surface area contributed by atoms with Crippen LogP contribution in [0.3, 0.4) is 0 Å². The molecule has 0 amide bonds. The zero-order valence-electron chi connectivity index (χ0n) is 17.1. The third-order valence-electron chi connectivity index (χ3n) is 6.18. The molecule has 0 saturated heterocycles. The number of nitrogens with zero attached hydrogens (tertiary/aromatic N) is 4. The van der Waals surface area contributed by atoms with Crippen molar-refractivity contribution in [1.82, 2.24) is 15.0 Å². The van der Waals surface area contributed by atoms with Crippen molar-refractivity contribution in [2.45, 2.75) is 43.6 Å². The number of aromatic nitrogens is 3. The van der Waals surface area contributed by atoms with E-state index in [2.05, 4.69) is 37.8 Å². The van der Waals surface area contributed by atoms with Gasteiger partial charge in [-0.3, -0.25) is 0 Å². The van der Waals surface area contributed by atoms with Crippen molar-refractivity contribution >= 4 is 29.1 Å². The molecule has 1 unspecified atom stereocenters. The molecule has 5 rings (SSSR count). The molecular weight excluding hydrogens is 414 g/mol. The fourth-order valence-corrected chi connectivity index (χ4v) is 4.89. The fourth-order valence-electron chi connectivity index (χ4n) is 4.69. The predicted octanol–water partition coefficient (Wildman–Crippen LogP) is 3.92. The Balaban J connectivity index is 1.58. The highest BCUT2D eigenvalue weighted by molar-refractivity contribution is 6.33. The summed E-state index contributed by atoms with van der Waals surface area (Å²) in [6.07, 6.45) is 9.09. The lowest BCUT2D eigenvalue weighted by atomic mass is 9.80. The van der Waals surface area contributed by atoms with Gasteiger partial charge in [-0.15, -0.1) is 0 Å². The first kappa shape index (κ1) is 19.9. The van der Waals surface area contributed by atoms with Gasteiger partial charge in [-0.25, -0.2) is 9.97 Å². The third-order valence-corrected chi connectivity index (χ3v) is 6.45. The summed E-state index contributed by atoms with van der Waals surface area (Å²) in [4.78, 5) is 14.5. The van der Waals surface area contributed by atoms with Crippen LogP contribution in [0.15, 0.2) is 41.3 Å². The summed E-state index contributed by atoms with van der Waals surface area (Å²) in [5, 5.41) is 11.1. The van der Waals surface area contributed by atoms with Crippen LogP contribution in [0.25, 0.3) is 0 Å². The van der Waals surface area contributed by atoms with Gasteiger partial charge in [0.15, 0.2) is 11.4 Å². The van der Waals surface area contributed by atoms with Crippen molar-refractivity contribution in [3.8, 4) is 11.8 Å². The number of hydrogen-bond donors (Lipinski definition) is 2. The molecule has 1 fully saturated rings. The average molecular weight is 436 g/mol. The molecule has 31 heavy (non-hydrogen) atoms. The fraction of sp³-hybridized carbons (Fsp3) is 0.348. The molecule has 8 heteroatoms. The van der Waals surface area contributed by atoms with Gasteiger partial charge in [-0.2, -0.15) is 4.98 Å². The topological polar surface area (TPSA) is 101 Å². The molecule has 1 aliphatic carbocycles. The van der Waals surface area contributed by atoms with E-state index in [0.717, 1.165) is 30.6 Å². The summed E-state index contributed by atoms with van der Waals surface area (Å²) in [6, 6.07) is 6.16. The second-order valence-corrected chi connectivity index (χ2v) is 8.77. The molecule has 1 spiro atoms.